The number of hydrogen-bond donors (Lipinski definition) is 2. The minimum atomic E-state index is -5.25. The molecule has 0 atom stereocenters. The van der Waals surface area contributed by atoms with E-state index in [4.69, 9.17) is 0 Å². The van der Waals surface area contributed by atoms with Gasteiger partial charge in [-0.15, -0.1) is 13.2 Å². The van der Waals surface area contributed by atoms with Gasteiger partial charge in [0.15, 0.2) is 11.6 Å². The van der Waals surface area contributed by atoms with Gasteiger partial charge < -0.3 is 10.5 Å². The summed E-state index contributed by atoms with van der Waals surface area (Å²) in [7, 11) is 0. The highest BCUT2D eigenvalue weighted by atomic mass is 19.4. The predicted octanol–water partition coefficient (Wildman–Crippen LogP) is 1.87. The number of carbonyl (C=O) groups is 1. The van der Waals surface area contributed by atoms with Crippen LogP contribution in [0.2, 0.25) is 0 Å². The molecule has 104 valence electrons. The molecule has 3 N–H and O–H groups in total. The number of nitrogens with two attached hydrogens (primary N) is 1. The molecule has 1 rings (SSSR count). The van der Waals surface area contributed by atoms with Crippen molar-refractivity contribution in [2.24, 2.45) is 10.8 Å². The second kappa shape index (κ2) is 5.50. The van der Waals surface area contributed by atoms with Crippen molar-refractivity contribution < 1.29 is 31.5 Å². The Bertz CT molecular complexity index is 515. The first kappa shape index (κ1) is 14.7. The fraction of sp³-hybridized carbons (Fsp3) is 0.111. The zero-order valence-electron chi connectivity index (χ0n) is 8.96. The summed E-state index contributed by atoms with van der Waals surface area (Å²) in [4.78, 5) is 10.3. The van der Waals surface area contributed by atoms with Gasteiger partial charge in [-0.25, -0.2) is 19.0 Å². The average Bonchev–Trinajstić information content (AvgIpc) is 2.26. The highest BCUT2D eigenvalue weighted by Gasteiger charge is 2.34. The summed E-state index contributed by atoms with van der Waals surface area (Å²) < 4.78 is 65.5. The Kier molecular flexibility index (Phi) is 4.25. The molecule has 19 heavy (non-hydrogen) atoms. The van der Waals surface area contributed by atoms with E-state index in [1.54, 1.807) is 5.43 Å². The molecule has 0 bridgehead atoms. The minimum absolute atomic E-state index is 0.533. The quantitative estimate of drug-likeness (QED) is 0.504. The molecule has 0 spiro atoms. The van der Waals surface area contributed by atoms with Crippen LogP contribution in [0.4, 0.5) is 26.7 Å². The highest BCUT2D eigenvalue weighted by Crippen LogP contribution is 2.29. The Morgan fingerprint density at radius 2 is 2.00 bits per heavy atom. The molecule has 1 aromatic rings. The fourth-order valence-electron chi connectivity index (χ4n) is 1.02. The normalized spacial score (nSPS) is 11.6. The number of carbonyl (C=O) groups excluding carboxylic acids is 1. The lowest BCUT2D eigenvalue weighted by molar-refractivity contribution is -0.276. The molecule has 0 heterocycles. The molecule has 0 fully saturated rings. The van der Waals surface area contributed by atoms with Gasteiger partial charge in [-0.1, -0.05) is 0 Å². The number of ether oxygens (including phenoxy) is 1. The van der Waals surface area contributed by atoms with E-state index in [-0.39, 0.29) is 0 Å². The van der Waals surface area contributed by atoms with Crippen LogP contribution in [0.15, 0.2) is 17.2 Å². The van der Waals surface area contributed by atoms with E-state index in [9.17, 15) is 26.7 Å². The van der Waals surface area contributed by atoms with Gasteiger partial charge in [0.1, 0.15) is 0 Å². The van der Waals surface area contributed by atoms with Crippen molar-refractivity contribution in [3.63, 3.8) is 0 Å². The highest BCUT2D eigenvalue weighted by molar-refractivity contribution is 5.82. The summed E-state index contributed by atoms with van der Waals surface area (Å²) >= 11 is 0. The molecule has 0 saturated carbocycles. The first-order valence-electron chi connectivity index (χ1n) is 4.53. The number of nitrogens with zero attached hydrogens (tertiary/aromatic N) is 1. The monoisotopic (exact) mass is 283 g/mol. The van der Waals surface area contributed by atoms with Crippen molar-refractivity contribution in [3.8, 4) is 5.75 Å². The molecular weight excluding hydrogens is 277 g/mol. The van der Waals surface area contributed by atoms with Gasteiger partial charge in [0.05, 0.1) is 6.21 Å². The molecule has 0 saturated heterocycles. The Labute approximate surface area is 102 Å². The van der Waals surface area contributed by atoms with Crippen molar-refractivity contribution in [2.45, 2.75) is 6.36 Å². The van der Waals surface area contributed by atoms with Crippen LogP contribution in [0.1, 0.15) is 5.56 Å². The fourth-order valence-corrected chi connectivity index (χ4v) is 1.02. The third-order valence-electron chi connectivity index (χ3n) is 1.68. The van der Waals surface area contributed by atoms with Crippen LogP contribution in [0.5, 0.6) is 5.75 Å². The number of hydrogen-bond acceptors (Lipinski definition) is 3. The van der Waals surface area contributed by atoms with Gasteiger partial charge in [-0.05, 0) is 12.1 Å². The summed E-state index contributed by atoms with van der Waals surface area (Å²) in [6.45, 7) is 0. The first-order chi connectivity index (χ1) is 8.70. The summed E-state index contributed by atoms with van der Waals surface area (Å²) in [6, 6.07) is 0.293. The topological polar surface area (TPSA) is 76.7 Å². The number of amides is 2. The Hall–Kier alpha value is -2.39. The number of benzene rings is 1. The lowest BCUT2D eigenvalue weighted by Gasteiger charge is -2.11. The van der Waals surface area contributed by atoms with Crippen LogP contribution < -0.4 is 15.9 Å². The van der Waals surface area contributed by atoms with Gasteiger partial charge in [-0.3, -0.25) is 0 Å². The molecule has 2 amide bonds. The van der Waals surface area contributed by atoms with Crippen LogP contribution in [0.25, 0.3) is 0 Å². The Morgan fingerprint density at radius 1 is 1.37 bits per heavy atom. The molecule has 10 heteroatoms. The number of alkyl halides is 3. The van der Waals surface area contributed by atoms with Crippen LogP contribution in [0, 0.1) is 11.6 Å². The number of halogens is 5. The summed E-state index contributed by atoms with van der Waals surface area (Å²) in [5, 5.41) is 3.12. The zero-order chi connectivity index (χ0) is 14.6. The maximum absolute atomic E-state index is 13.5. The van der Waals surface area contributed by atoms with Crippen LogP contribution in [0.3, 0.4) is 0 Å². The molecule has 0 aromatic heterocycles. The number of rotatable bonds is 3. The predicted molar refractivity (Wildman–Crippen MR) is 53.4 cm³/mol. The summed E-state index contributed by atoms with van der Waals surface area (Å²) in [6.07, 6.45) is -4.61. The van der Waals surface area contributed by atoms with E-state index in [2.05, 4.69) is 15.6 Å². The maximum atomic E-state index is 13.5. The molecule has 1 aromatic carbocycles. The summed E-state index contributed by atoms with van der Waals surface area (Å²) in [5.74, 6) is -4.77. The van der Waals surface area contributed by atoms with Crippen LogP contribution in [-0.2, 0) is 0 Å². The lowest BCUT2D eigenvalue weighted by Crippen LogP contribution is -2.24. The van der Waals surface area contributed by atoms with Gasteiger partial charge in [0.25, 0.3) is 0 Å². The van der Waals surface area contributed by atoms with Crippen molar-refractivity contribution >= 4 is 12.2 Å². The standard InChI is InChI=1S/C9H6F5N3O2/c10-5-2-1-4(3-16-17-8(15)18)6(11)7(5)19-9(12,13)14/h1-3H,(H3,15,17,18). The van der Waals surface area contributed by atoms with E-state index >= 15 is 0 Å². The second-order valence-electron chi connectivity index (χ2n) is 3.06. The largest absolute Gasteiger partial charge is 0.573 e. The average molecular weight is 283 g/mol. The third-order valence-corrected chi connectivity index (χ3v) is 1.68. The van der Waals surface area contributed by atoms with Gasteiger partial charge in [-0.2, -0.15) is 5.10 Å². The SMILES string of the molecule is NC(=O)NN=Cc1ccc(F)c(OC(F)(F)F)c1F. The third kappa shape index (κ3) is 4.41. The molecule has 0 radical (unpaired) electrons. The second-order valence-corrected chi connectivity index (χ2v) is 3.06. The number of urea groups is 1. The number of nitrogens with one attached hydrogen (secondary N) is 1. The smallest absolute Gasteiger partial charge is 0.399 e. The first-order valence-corrected chi connectivity index (χ1v) is 4.53. The van der Waals surface area contributed by atoms with Gasteiger partial charge in [0.2, 0.25) is 5.75 Å². The lowest BCUT2D eigenvalue weighted by atomic mass is 10.2. The maximum Gasteiger partial charge on any atom is 0.573 e. The minimum Gasteiger partial charge on any atom is -0.399 e. The van der Waals surface area contributed by atoms with Crippen molar-refractivity contribution in [1.29, 1.82) is 0 Å². The molecular formula is C9H6F5N3O2. The van der Waals surface area contributed by atoms with Crippen molar-refractivity contribution in [3.05, 3.63) is 29.3 Å². The summed E-state index contributed by atoms with van der Waals surface area (Å²) in [5.41, 5.74) is 5.80. The molecule has 0 aliphatic carbocycles. The molecule has 0 aliphatic rings. The molecule has 0 aliphatic heterocycles. The Balaban J connectivity index is 3.06. The zero-order valence-corrected chi connectivity index (χ0v) is 8.96. The van der Waals surface area contributed by atoms with Crippen LogP contribution >= 0.6 is 0 Å². The van der Waals surface area contributed by atoms with Gasteiger partial charge >= 0.3 is 12.4 Å². The Morgan fingerprint density at radius 3 is 2.53 bits per heavy atom. The van der Waals surface area contributed by atoms with E-state index in [0.717, 1.165) is 6.07 Å². The van der Waals surface area contributed by atoms with Crippen molar-refractivity contribution in [1.82, 2.24) is 5.43 Å². The van der Waals surface area contributed by atoms with Gasteiger partial charge in [0, 0.05) is 5.56 Å². The van der Waals surface area contributed by atoms with Crippen molar-refractivity contribution in [2.75, 3.05) is 0 Å². The van der Waals surface area contributed by atoms with E-state index in [0.29, 0.717) is 12.3 Å². The van der Waals surface area contributed by atoms with E-state index in [1.165, 1.54) is 0 Å². The van der Waals surface area contributed by atoms with E-state index in [1.807, 2.05) is 0 Å². The molecule has 5 nitrogen and oxygen atoms in total. The number of hydrazone groups is 1. The van der Waals surface area contributed by atoms with E-state index < -0.39 is 35.3 Å². The molecule has 0 unspecified atom stereocenters. The number of primary amides is 1. The van der Waals surface area contributed by atoms with Crippen LogP contribution in [-0.4, -0.2) is 18.6 Å².